The van der Waals surface area contributed by atoms with Crippen LogP contribution in [0, 0.1) is 5.92 Å². The molecule has 116 valence electrons. The SMILES string of the molecule is CN(C)CCN(CC(=O)Nc1ccon1)C(=O)C1CCC1. The maximum atomic E-state index is 12.4. The molecular weight excluding hydrogens is 272 g/mol. The first kappa shape index (κ1) is 15.5. The summed E-state index contributed by atoms with van der Waals surface area (Å²) in [5, 5.41) is 6.24. The van der Waals surface area contributed by atoms with Crippen LogP contribution in [-0.2, 0) is 9.59 Å². The summed E-state index contributed by atoms with van der Waals surface area (Å²) in [6, 6.07) is 1.57. The fourth-order valence-electron chi connectivity index (χ4n) is 2.13. The summed E-state index contributed by atoms with van der Waals surface area (Å²) in [5.41, 5.74) is 0. The number of hydrogen-bond acceptors (Lipinski definition) is 5. The van der Waals surface area contributed by atoms with Crippen molar-refractivity contribution in [1.82, 2.24) is 15.0 Å². The molecule has 1 N–H and O–H groups in total. The van der Waals surface area contributed by atoms with Crippen LogP contribution in [-0.4, -0.2) is 60.5 Å². The second kappa shape index (κ2) is 7.21. The van der Waals surface area contributed by atoms with Crippen molar-refractivity contribution in [2.75, 3.05) is 39.0 Å². The van der Waals surface area contributed by atoms with E-state index in [-0.39, 0.29) is 24.3 Å². The molecule has 2 rings (SSSR count). The Balaban J connectivity index is 1.90. The molecule has 0 bridgehead atoms. The lowest BCUT2D eigenvalue weighted by Crippen LogP contribution is -2.45. The first-order valence-electron chi connectivity index (χ1n) is 7.20. The largest absolute Gasteiger partial charge is 0.363 e. The Bertz CT molecular complexity index is 469. The zero-order valence-electron chi connectivity index (χ0n) is 12.5. The number of rotatable bonds is 7. The molecule has 1 saturated carbocycles. The van der Waals surface area contributed by atoms with E-state index in [9.17, 15) is 9.59 Å². The Morgan fingerprint density at radius 2 is 2.14 bits per heavy atom. The zero-order valence-corrected chi connectivity index (χ0v) is 12.5. The summed E-state index contributed by atoms with van der Waals surface area (Å²) < 4.78 is 4.66. The quantitative estimate of drug-likeness (QED) is 0.805. The second-order valence-corrected chi connectivity index (χ2v) is 5.62. The topological polar surface area (TPSA) is 78.7 Å². The normalized spacial score (nSPS) is 14.8. The molecular formula is C14H22N4O3. The van der Waals surface area contributed by atoms with Crippen LogP contribution in [0.5, 0.6) is 0 Å². The Morgan fingerprint density at radius 3 is 2.67 bits per heavy atom. The maximum absolute atomic E-state index is 12.4. The lowest BCUT2D eigenvalue weighted by atomic mass is 9.84. The number of nitrogens with zero attached hydrogens (tertiary/aromatic N) is 3. The Hall–Kier alpha value is -1.89. The molecule has 0 aliphatic heterocycles. The average Bonchev–Trinajstić information content (AvgIpc) is 2.84. The number of nitrogens with one attached hydrogen (secondary N) is 1. The highest BCUT2D eigenvalue weighted by Crippen LogP contribution is 2.28. The van der Waals surface area contributed by atoms with E-state index in [2.05, 4.69) is 15.0 Å². The van der Waals surface area contributed by atoms with Gasteiger partial charge in [-0.05, 0) is 26.9 Å². The molecule has 2 amide bonds. The van der Waals surface area contributed by atoms with E-state index in [1.54, 1.807) is 11.0 Å². The van der Waals surface area contributed by atoms with Crippen LogP contribution in [0.15, 0.2) is 16.9 Å². The zero-order chi connectivity index (χ0) is 15.2. The van der Waals surface area contributed by atoms with Crippen molar-refractivity contribution in [2.24, 2.45) is 5.92 Å². The van der Waals surface area contributed by atoms with Crippen LogP contribution >= 0.6 is 0 Å². The van der Waals surface area contributed by atoms with Gasteiger partial charge in [-0.2, -0.15) is 0 Å². The summed E-state index contributed by atoms with van der Waals surface area (Å²) >= 11 is 0. The van der Waals surface area contributed by atoms with Crippen LogP contribution < -0.4 is 5.32 Å². The van der Waals surface area contributed by atoms with Gasteiger partial charge in [0.2, 0.25) is 11.8 Å². The van der Waals surface area contributed by atoms with Crippen molar-refractivity contribution >= 4 is 17.6 Å². The lowest BCUT2D eigenvalue weighted by molar-refractivity contribution is -0.140. The fraction of sp³-hybridized carbons (Fsp3) is 0.643. The number of aromatic nitrogens is 1. The third kappa shape index (κ3) is 4.56. The molecule has 1 fully saturated rings. The minimum atomic E-state index is -0.254. The third-order valence-electron chi connectivity index (χ3n) is 3.62. The van der Waals surface area contributed by atoms with Crippen molar-refractivity contribution in [3.05, 3.63) is 12.3 Å². The van der Waals surface area contributed by atoms with Crippen molar-refractivity contribution in [2.45, 2.75) is 19.3 Å². The van der Waals surface area contributed by atoms with Gasteiger partial charge in [0, 0.05) is 25.1 Å². The Labute approximate surface area is 124 Å². The molecule has 1 aliphatic rings. The number of anilines is 1. The van der Waals surface area contributed by atoms with E-state index in [1.807, 2.05) is 19.0 Å². The summed E-state index contributed by atoms with van der Waals surface area (Å²) in [7, 11) is 3.89. The van der Waals surface area contributed by atoms with Gasteiger partial charge in [-0.1, -0.05) is 11.6 Å². The van der Waals surface area contributed by atoms with Gasteiger partial charge >= 0.3 is 0 Å². The molecule has 7 nitrogen and oxygen atoms in total. The summed E-state index contributed by atoms with van der Waals surface area (Å²) in [4.78, 5) is 28.0. The molecule has 21 heavy (non-hydrogen) atoms. The van der Waals surface area contributed by atoms with Crippen LogP contribution in [0.2, 0.25) is 0 Å². The highest BCUT2D eigenvalue weighted by Gasteiger charge is 2.30. The van der Waals surface area contributed by atoms with Gasteiger partial charge in [0.05, 0.1) is 6.54 Å². The minimum absolute atomic E-state index is 0.0516. The number of carbonyl (C=O) groups excluding carboxylic acids is 2. The van der Waals surface area contributed by atoms with Gasteiger partial charge in [0.15, 0.2) is 5.82 Å². The first-order chi connectivity index (χ1) is 10.1. The molecule has 0 radical (unpaired) electrons. The van der Waals surface area contributed by atoms with Gasteiger partial charge in [-0.3, -0.25) is 9.59 Å². The van der Waals surface area contributed by atoms with Gasteiger partial charge < -0.3 is 19.6 Å². The molecule has 0 saturated heterocycles. The summed E-state index contributed by atoms with van der Waals surface area (Å²) in [6.45, 7) is 1.33. The molecule has 1 aliphatic carbocycles. The van der Waals surface area contributed by atoms with Crippen LogP contribution in [0.3, 0.4) is 0 Å². The molecule has 0 spiro atoms. The van der Waals surface area contributed by atoms with Crippen molar-refractivity contribution in [3.63, 3.8) is 0 Å². The number of likely N-dealkylation sites (N-methyl/N-ethyl adjacent to an activating group) is 1. The molecule has 0 atom stereocenters. The van der Waals surface area contributed by atoms with E-state index in [4.69, 9.17) is 0 Å². The average molecular weight is 294 g/mol. The molecule has 1 aromatic heterocycles. The number of carbonyl (C=O) groups is 2. The van der Waals surface area contributed by atoms with Crippen LogP contribution in [0.1, 0.15) is 19.3 Å². The summed E-state index contributed by atoms with van der Waals surface area (Å²) in [5.74, 6) is 0.282. The maximum Gasteiger partial charge on any atom is 0.245 e. The molecule has 1 heterocycles. The van der Waals surface area contributed by atoms with E-state index >= 15 is 0 Å². The van der Waals surface area contributed by atoms with E-state index in [0.29, 0.717) is 12.4 Å². The predicted octanol–water partition coefficient (Wildman–Crippen LogP) is 0.803. The first-order valence-corrected chi connectivity index (χ1v) is 7.20. The fourth-order valence-corrected chi connectivity index (χ4v) is 2.13. The van der Waals surface area contributed by atoms with E-state index in [0.717, 1.165) is 25.8 Å². The molecule has 0 unspecified atom stereocenters. The minimum Gasteiger partial charge on any atom is -0.363 e. The van der Waals surface area contributed by atoms with Gasteiger partial charge in [-0.25, -0.2) is 0 Å². The van der Waals surface area contributed by atoms with Crippen molar-refractivity contribution in [3.8, 4) is 0 Å². The van der Waals surface area contributed by atoms with Gasteiger partial charge in [0.25, 0.3) is 0 Å². The predicted molar refractivity (Wildman–Crippen MR) is 77.6 cm³/mol. The summed E-state index contributed by atoms with van der Waals surface area (Å²) in [6.07, 6.45) is 4.35. The van der Waals surface area contributed by atoms with Crippen molar-refractivity contribution < 1.29 is 14.1 Å². The van der Waals surface area contributed by atoms with Crippen molar-refractivity contribution in [1.29, 1.82) is 0 Å². The highest BCUT2D eigenvalue weighted by molar-refractivity contribution is 5.94. The lowest BCUT2D eigenvalue weighted by Gasteiger charge is -2.31. The monoisotopic (exact) mass is 294 g/mol. The Morgan fingerprint density at radius 1 is 1.38 bits per heavy atom. The second-order valence-electron chi connectivity index (χ2n) is 5.62. The number of hydrogen-bond donors (Lipinski definition) is 1. The third-order valence-corrected chi connectivity index (χ3v) is 3.62. The highest BCUT2D eigenvalue weighted by atomic mass is 16.5. The molecule has 7 heteroatoms. The van der Waals surface area contributed by atoms with Gasteiger partial charge in [0.1, 0.15) is 6.26 Å². The molecule has 1 aromatic rings. The van der Waals surface area contributed by atoms with Crippen LogP contribution in [0.4, 0.5) is 5.82 Å². The van der Waals surface area contributed by atoms with Gasteiger partial charge in [-0.15, -0.1) is 0 Å². The molecule has 0 aromatic carbocycles. The smallest absolute Gasteiger partial charge is 0.245 e. The Kier molecular flexibility index (Phi) is 5.32. The standard InChI is InChI=1S/C14H22N4O3/c1-17(2)7-8-18(14(20)11-4-3-5-11)10-13(19)15-12-6-9-21-16-12/h6,9,11H,3-5,7-8,10H2,1-2H3,(H,15,16,19). The van der Waals surface area contributed by atoms with E-state index in [1.165, 1.54) is 6.26 Å². The number of amides is 2. The van der Waals surface area contributed by atoms with E-state index < -0.39 is 0 Å². The van der Waals surface area contributed by atoms with Crippen LogP contribution in [0.25, 0.3) is 0 Å².